The molecule has 1 saturated carbocycles. The topological polar surface area (TPSA) is 52.3 Å². The number of esters is 1. The Morgan fingerprint density at radius 1 is 1.54 bits per heavy atom. The molecule has 0 aliphatic heterocycles. The Morgan fingerprint density at radius 2 is 2.08 bits per heavy atom. The number of hydrogen-bond acceptors (Lipinski definition) is 3. The summed E-state index contributed by atoms with van der Waals surface area (Å²) in [6.45, 7) is 0. The second-order valence-corrected chi connectivity index (χ2v) is 3.52. The van der Waals surface area contributed by atoms with Gasteiger partial charge in [0, 0.05) is 0 Å². The number of nitrogens with two attached hydrogens (primary N) is 1. The summed E-state index contributed by atoms with van der Waals surface area (Å²) < 4.78 is 4.56. The molecule has 0 heterocycles. The summed E-state index contributed by atoms with van der Waals surface area (Å²) in [7, 11) is 1.39. The van der Waals surface area contributed by atoms with Crippen LogP contribution in [0.1, 0.15) is 32.1 Å². The summed E-state index contributed by atoms with van der Waals surface area (Å²) in [6.07, 6.45) is 5.83. The largest absolute Gasteiger partial charge is 0.468 e. The molecule has 0 amide bonds. The molecule has 1 fully saturated rings. The van der Waals surface area contributed by atoms with Gasteiger partial charge in [-0.1, -0.05) is 25.7 Å². The van der Waals surface area contributed by atoms with Gasteiger partial charge in [-0.25, -0.2) is 0 Å². The molecule has 0 saturated heterocycles. The zero-order chi connectivity index (χ0) is 8.97. The average Bonchev–Trinajstić information content (AvgIpc) is 2.55. The lowest BCUT2D eigenvalue weighted by molar-refractivity contribution is -0.142. The van der Waals surface area contributed by atoms with Crippen LogP contribution in [0, 0.1) is 5.92 Å². The molecule has 0 unspecified atom stereocenters. The highest BCUT2D eigenvalue weighted by atomic mass is 35.5. The molecule has 1 aliphatic carbocycles. The van der Waals surface area contributed by atoms with Gasteiger partial charge in [-0.15, -0.1) is 12.4 Å². The summed E-state index contributed by atoms with van der Waals surface area (Å²) in [5.74, 6) is 0.376. The van der Waals surface area contributed by atoms with Gasteiger partial charge in [-0.3, -0.25) is 4.79 Å². The van der Waals surface area contributed by atoms with Gasteiger partial charge in [-0.2, -0.15) is 0 Å². The highest BCUT2D eigenvalue weighted by Gasteiger charge is 2.22. The highest BCUT2D eigenvalue weighted by molar-refractivity contribution is 5.85. The van der Waals surface area contributed by atoms with Gasteiger partial charge < -0.3 is 10.5 Å². The first-order valence-corrected chi connectivity index (χ1v) is 4.57. The smallest absolute Gasteiger partial charge is 0.322 e. The van der Waals surface area contributed by atoms with Crippen molar-refractivity contribution in [2.45, 2.75) is 38.1 Å². The molecule has 0 aromatic rings. The third-order valence-electron chi connectivity index (χ3n) is 2.57. The number of methoxy groups -OCH3 is 1. The number of ether oxygens (including phenoxy) is 1. The molecule has 4 heteroatoms. The highest BCUT2D eigenvalue weighted by Crippen LogP contribution is 2.28. The van der Waals surface area contributed by atoms with Crippen molar-refractivity contribution in [2.24, 2.45) is 11.7 Å². The third kappa shape index (κ3) is 3.96. The van der Waals surface area contributed by atoms with Crippen molar-refractivity contribution in [1.29, 1.82) is 0 Å². The van der Waals surface area contributed by atoms with Crippen molar-refractivity contribution in [3.05, 3.63) is 0 Å². The van der Waals surface area contributed by atoms with Crippen molar-refractivity contribution < 1.29 is 9.53 Å². The molecule has 0 aromatic heterocycles. The fraction of sp³-hybridized carbons (Fsp3) is 0.889. The minimum Gasteiger partial charge on any atom is -0.468 e. The summed E-state index contributed by atoms with van der Waals surface area (Å²) in [4.78, 5) is 11.0. The van der Waals surface area contributed by atoms with Crippen molar-refractivity contribution >= 4 is 18.4 Å². The molecule has 1 atom stereocenters. The number of halogens is 1. The molecular formula is C9H18ClNO2. The Kier molecular flexibility index (Phi) is 6.08. The minimum absolute atomic E-state index is 0. The lowest BCUT2D eigenvalue weighted by atomic mass is 9.99. The second kappa shape index (κ2) is 6.22. The Balaban J connectivity index is 0.00000144. The van der Waals surface area contributed by atoms with Crippen LogP contribution >= 0.6 is 12.4 Å². The number of carbonyl (C=O) groups excluding carboxylic acids is 1. The molecular weight excluding hydrogens is 190 g/mol. The standard InChI is InChI=1S/C9H17NO2.ClH/c1-12-9(11)8(10)6-7-4-2-3-5-7;/h7-8H,2-6,10H2,1H3;1H/t8-;/m0./s1. The van der Waals surface area contributed by atoms with E-state index in [0.717, 1.165) is 6.42 Å². The molecule has 78 valence electrons. The van der Waals surface area contributed by atoms with E-state index in [1.807, 2.05) is 0 Å². The lowest BCUT2D eigenvalue weighted by Crippen LogP contribution is -2.33. The van der Waals surface area contributed by atoms with Gasteiger partial charge in [0.1, 0.15) is 6.04 Å². The molecule has 1 rings (SSSR count). The Morgan fingerprint density at radius 3 is 2.54 bits per heavy atom. The first-order valence-electron chi connectivity index (χ1n) is 4.57. The predicted octanol–water partition coefficient (Wildman–Crippen LogP) is 1.49. The zero-order valence-corrected chi connectivity index (χ0v) is 8.81. The molecule has 0 radical (unpaired) electrons. The molecule has 13 heavy (non-hydrogen) atoms. The van der Waals surface area contributed by atoms with E-state index < -0.39 is 6.04 Å². The fourth-order valence-corrected chi connectivity index (χ4v) is 1.85. The van der Waals surface area contributed by atoms with Crippen molar-refractivity contribution in [2.75, 3.05) is 7.11 Å². The quantitative estimate of drug-likeness (QED) is 0.714. The van der Waals surface area contributed by atoms with E-state index in [1.54, 1.807) is 0 Å². The van der Waals surface area contributed by atoms with Crippen LogP contribution in [-0.2, 0) is 9.53 Å². The number of hydrogen-bond donors (Lipinski definition) is 1. The second-order valence-electron chi connectivity index (χ2n) is 3.52. The SMILES string of the molecule is COC(=O)[C@@H](N)CC1CCCC1.Cl. The minimum atomic E-state index is -0.405. The molecule has 0 aromatic carbocycles. The van der Waals surface area contributed by atoms with E-state index in [0.29, 0.717) is 5.92 Å². The molecule has 0 spiro atoms. The first-order chi connectivity index (χ1) is 5.74. The van der Waals surface area contributed by atoms with Crippen LogP contribution in [0.5, 0.6) is 0 Å². The summed E-state index contributed by atoms with van der Waals surface area (Å²) in [5, 5.41) is 0. The Bertz CT molecular complexity index is 158. The van der Waals surface area contributed by atoms with E-state index >= 15 is 0 Å². The maximum Gasteiger partial charge on any atom is 0.322 e. The van der Waals surface area contributed by atoms with Crippen LogP contribution in [0.15, 0.2) is 0 Å². The van der Waals surface area contributed by atoms with Crippen molar-refractivity contribution in [3.8, 4) is 0 Å². The molecule has 1 aliphatic rings. The lowest BCUT2D eigenvalue weighted by Gasteiger charge is -2.13. The Labute approximate surface area is 85.4 Å². The maximum atomic E-state index is 11.0. The van der Waals surface area contributed by atoms with Gasteiger partial charge in [0.15, 0.2) is 0 Å². The van der Waals surface area contributed by atoms with Crippen molar-refractivity contribution in [3.63, 3.8) is 0 Å². The van der Waals surface area contributed by atoms with Crippen LogP contribution < -0.4 is 5.73 Å². The molecule has 3 nitrogen and oxygen atoms in total. The van der Waals surface area contributed by atoms with Gasteiger partial charge in [0.25, 0.3) is 0 Å². The predicted molar refractivity (Wildman–Crippen MR) is 53.8 cm³/mol. The normalized spacial score (nSPS) is 19.2. The van der Waals surface area contributed by atoms with E-state index in [4.69, 9.17) is 5.73 Å². The summed E-state index contributed by atoms with van der Waals surface area (Å²) in [5.41, 5.74) is 5.63. The maximum absolute atomic E-state index is 11.0. The summed E-state index contributed by atoms with van der Waals surface area (Å²) in [6, 6.07) is -0.405. The number of carbonyl (C=O) groups is 1. The molecule has 0 bridgehead atoms. The summed E-state index contributed by atoms with van der Waals surface area (Å²) >= 11 is 0. The van der Waals surface area contributed by atoms with E-state index in [2.05, 4.69) is 4.74 Å². The third-order valence-corrected chi connectivity index (χ3v) is 2.57. The average molecular weight is 208 g/mol. The van der Waals surface area contributed by atoms with Gasteiger partial charge in [-0.05, 0) is 12.3 Å². The van der Waals surface area contributed by atoms with Gasteiger partial charge in [0.2, 0.25) is 0 Å². The fourth-order valence-electron chi connectivity index (χ4n) is 1.85. The molecule has 2 N–H and O–H groups in total. The first kappa shape index (κ1) is 12.7. The van der Waals surface area contributed by atoms with Gasteiger partial charge >= 0.3 is 5.97 Å². The van der Waals surface area contributed by atoms with Crippen LogP contribution in [-0.4, -0.2) is 19.1 Å². The van der Waals surface area contributed by atoms with Crippen LogP contribution in [0.3, 0.4) is 0 Å². The van der Waals surface area contributed by atoms with E-state index in [9.17, 15) is 4.79 Å². The van der Waals surface area contributed by atoms with Crippen LogP contribution in [0.2, 0.25) is 0 Å². The van der Waals surface area contributed by atoms with Crippen LogP contribution in [0.25, 0.3) is 0 Å². The van der Waals surface area contributed by atoms with Crippen LogP contribution in [0.4, 0.5) is 0 Å². The van der Waals surface area contributed by atoms with Gasteiger partial charge in [0.05, 0.1) is 7.11 Å². The van der Waals surface area contributed by atoms with Crippen molar-refractivity contribution in [1.82, 2.24) is 0 Å². The monoisotopic (exact) mass is 207 g/mol. The van der Waals surface area contributed by atoms with E-state index in [1.165, 1.54) is 32.8 Å². The Hall–Kier alpha value is -0.280. The zero-order valence-electron chi connectivity index (χ0n) is 7.99. The van der Waals surface area contributed by atoms with E-state index in [-0.39, 0.29) is 18.4 Å². The number of rotatable bonds is 3.